The number of ether oxygens (including phenoxy) is 2. The molecule has 7 nitrogen and oxygen atoms in total. The predicted octanol–water partition coefficient (Wildman–Crippen LogP) is 2.39. The smallest absolute Gasteiger partial charge is 0.243 e. The van der Waals surface area contributed by atoms with Gasteiger partial charge in [-0.2, -0.15) is 0 Å². The van der Waals surface area contributed by atoms with E-state index in [1.54, 1.807) is 19.0 Å². The molecule has 1 aromatic carbocycles. The Morgan fingerprint density at radius 3 is 2.38 bits per heavy atom. The van der Waals surface area contributed by atoms with E-state index in [1.807, 2.05) is 26.0 Å². The second-order valence-electron chi connectivity index (χ2n) is 7.19. The number of hydrogen-bond donors (Lipinski definition) is 2. The molecule has 1 amide bonds. The number of likely N-dealkylation sites (N-methyl/N-ethyl adjacent to an activating group) is 1. The lowest BCUT2D eigenvalue weighted by Gasteiger charge is -2.38. The zero-order valence-corrected chi connectivity index (χ0v) is 20.3. The number of carbonyl (C=O) groups excluding carboxylic acids is 1. The second-order valence-corrected chi connectivity index (χ2v) is 7.19. The number of amides is 1. The Kier molecular flexibility index (Phi) is 11.3. The van der Waals surface area contributed by atoms with Crippen molar-refractivity contribution in [3.63, 3.8) is 0 Å². The first kappa shape index (κ1) is 25.5. The van der Waals surface area contributed by atoms with E-state index < -0.39 is 0 Å². The van der Waals surface area contributed by atoms with Crippen LogP contribution in [0.2, 0.25) is 0 Å². The topological polar surface area (TPSA) is 75.2 Å². The van der Waals surface area contributed by atoms with Crippen LogP contribution in [-0.2, 0) is 14.9 Å². The highest BCUT2D eigenvalue weighted by molar-refractivity contribution is 14.0. The van der Waals surface area contributed by atoms with Crippen molar-refractivity contribution in [2.24, 2.45) is 4.99 Å². The zero-order chi connectivity index (χ0) is 20.4. The predicted molar refractivity (Wildman–Crippen MR) is 127 cm³/mol. The normalized spacial score (nSPS) is 15.8. The minimum atomic E-state index is -0.0370. The van der Waals surface area contributed by atoms with Crippen molar-refractivity contribution < 1.29 is 14.3 Å². The fourth-order valence-electron chi connectivity index (χ4n) is 3.28. The SMILES string of the molecule is CCNC(=NCC(=O)N(C)C)NCC1(c2ccc(OCC)cc2)CCOCC1.I. The van der Waals surface area contributed by atoms with E-state index in [0.717, 1.165) is 44.9 Å². The van der Waals surface area contributed by atoms with Crippen LogP contribution in [0, 0.1) is 0 Å². The van der Waals surface area contributed by atoms with Gasteiger partial charge in [0.1, 0.15) is 12.3 Å². The number of hydrogen-bond acceptors (Lipinski definition) is 4. The number of aliphatic imine (C=N–C) groups is 1. The minimum Gasteiger partial charge on any atom is -0.494 e. The number of nitrogens with one attached hydrogen (secondary N) is 2. The molecule has 0 bridgehead atoms. The summed E-state index contributed by atoms with van der Waals surface area (Å²) >= 11 is 0. The molecule has 164 valence electrons. The van der Waals surface area contributed by atoms with Gasteiger partial charge in [-0.1, -0.05) is 12.1 Å². The number of carbonyl (C=O) groups is 1. The van der Waals surface area contributed by atoms with Crippen molar-refractivity contribution in [3.8, 4) is 5.75 Å². The van der Waals surface area contributed by atoms with Gasteiger partial charge in [0.2, 0.25) is 5.91 Å². The minimum absolute atomic E-state index is 0. The van der Waals surface area contributed by atoms with Crippen molar-refractivity contribution in [1.82, 2.24) is 15.5 Å². The van der Waals surface area contributed by atoms with Crippen LogP contribution in [-0.4, -0.2) is 70.3 Å². The van der Waals surface area contributed by atoms with Crippen molar-refractivity contribution >= 4 is 35.8 Å². The summed E-state index contributed by atoms with van der Waals surface area (Å²) in [6.07, 6.45) is 1.87. The van der Waals surface area contributed by atoms with Crippen LogP contribution < -0.4 is 15.4 Å². The largest absolute Gasteiger partial charge is 0.494 e. The maximum atomic E-state index is 11.9. The summed E-state index contributed by atoms with van der Waals surface area (Å²) in [6.45, 7) is 7.73. The van der Waals surface area contributed by atoms with E-state index in [4.69, 9.17) is 9.47 Å². The fraction of sp³-hybridized carbons (Fsp3) is 0.619. The third kappa shape index (κ3) is 7.65. The lowest BCUT2D eigenvalue weighted by atomic mass is 9.74. The van der Waals surface area contributed by atoms with Crippen LogP contribution in [0.3, 0.4) is 0 Å². The molecule has 1 fully saturated rings. The Labute approximate surface area is 191 Å². The Bertz CT molecular complexity index is 644. The highest BCUT2D eigenvalue weighted by Crippen LogP contribution is 2.35. The summed E-state index contributed by atoms with van der Waals surface area (Å²) in [5.41, 5.74) is 1.23. The van der Waals surface area contributed by atoms with E-state index >= 15 is 0 Å². The van der Waals surface area contributed by atoms with Gasteiger partial charge in [-0.3, -0.25) is 4.79 Å². The number of rotatable bonds is 8. The van der Waals surface area contributed by atoms with Crippen LogP contribution in [0.25, 0.3) is 0 Å². The highest BCUT2D eigenvalue weighted by atomic mass is 127. The molecule has 1 aromatic rings. The quantitative estimate of drug-likeness (QED) is 0.314. The molecule has 0 unspecified atom stereocenters. The van der Waals surface area contributed by atoms with Crippen molar-refractivity contribution in [2.45, 2.75) is 32.1 Å². The van der Waals surface area contributed by atoms with Crippen molar-refractivity contribution in [2.75, 3.05) is 53.6 Å². The molecular formula is C21H35IN4O3. The van der Waals surface area contributed by atoms with Crippen LogP contribution in [0.5, 0.6) is 5.75 Å². The lowest BCUT2D eigenvalue weighted by molar-refractivity contribution is -0.127. The second kappa shape index (κ2) is 12.9. The van der Waals surface area contributed by atoms with E-state index in [1.165, 1.54) is 5.56 Å². The van der Waals surface area contributed by atoms with E-state index in [9.17, 15) is 4.79 Å². The molecular weight excluding hydrogens is 483 g/mol. The molecule has 0 atom stereocenters. The van der Waals surface area contributed by atoms with Crippen LogP contribution in [0.1, 0.15) is 32.3 Å². The molecule has 29 heavy (non-hydrogen) atoms. The first-order chi connectivity index (χ1) is 13.5. The molecule has 0 aliphatic carbocycles. The summed E-state index contributed by atoms with van der Waals surface area (Å²) in [4.78, 5) is 17.8. The van der Waals surface area contributed by atoms with Gasteiger partial charge in [-0.05, 0) is 44.4 Å². The van der Waals surface area contributed by atoms with E-state index in [-0.39, 0.29) is 41.8 Å². The molecule has 2 N–H and O–H groups in total. The molecule has 2 rings (SSSR count). The summed E-state index contributed by atoms with van der Waals surface area (Å²) in [5, 5.41) is 6.67. The fourth-order valence-corrected chi connectivity index (χ4v) is 3.28. The first-order valence-electron chi connectivity index (χ1n) is 10.0. The standard InChI is InChI=1S/C21H34N4O3.HI/c1-5-22-20(23-15-19(26)25(3)4)24-16-21(11-13-27-14-12-21)17-7-9-18(10-8-17)28-6-2;/h7-10H,5-6,11-16H2,1-4H3,(H2,22,23,24);1H. The lowest BCUT2D eigenvalue weighted by Crippen LogP contribution is -2.48. The third-order valence-corrected chi connectivity index (χ3v) is 5.04. The molecule has 0 aromatic heterocycles. The van der Waals surface area contributed by atoms with Gasteiger partial charge in [-0.25, -0.2) is 4.99 Å². The molecule has 0 spiro atoms. The van der Waals surface area contributed by atoms with Gasteiger partial charge in [0.25, 0.3) is 0 Å². The number of benzene rings is 1. The van der Waals surface area contributed by atoms with Gasteiger partial charge < -0.3 is 25.0 Å². The summed E-state index contributed by atoms with van der Waals surface area (Å²) < 4.78 is 11.2. The van der Waals surface area contributed by atoms with E-state index in [0.29, 0.717) is 12.6 Å². The van der Waals surface area contributed by atoms with Gasteiger partial charge in [0, 0.05) is 45.8 Å². The Balaban J connectivity index is 0.00000420. The van der Waals surface area contributed by atoms with E-state index in [2.05, 4.69) is 27.8 Å². The number of nitrogens with zero attached hydrogens (tertiary/aromatic N) is 2. The first-order valence-corrected chi connectivity index (χ1v) is 10.0. The van der Waals surface area contributed by atoms with Crippen LogP contribution in [0.4, 0.5) is 0 Å². The highest BCUT2D eigenvalue weighted by Gasteiger charge is 2.34. The van der Waals surface area contributed by atoms with Crippen LogP contribution in [0.15, 0.2) is 29.3 Å². The molecule has 1 aliphatic rings. The van der Waals surface area contributed by atoms with Crippen molar-refractivity contribution in [1.29, 1.82) is 0 Å². The maximum Gasteiger partial charge on any atom is 0.243 e. The average molecular weight is 518 g/mol. The monoisotopic (exact) mass is 518 g/mol. The van der Waals surface area contributed by atoms with Gasteiger partial charge in [-0.15, -0.1) is 24.0 Å². The maximum absolute atomic E-state index is 11.9. The Morgan fingerprint density at radius 2 is 1.83 bits per heavy atom. The molecule has 1 saturated heterocycles. The molecule has 0 radical (unpaired) electrons. The molecule has 1 heterocycles. The van der Waals surface area contributed by atoms with Gasteiger partial charge in [0.15, 0.2) is 5.96 Å². The van der Waals surface area contributed by atoms with Gasteiger partial charge in [0.05, 0.1) is 6.61 Å². The van der Waals surface area contributed by atoms with Crippen LogP contribution >= 0.6 is 24.0 Å². The number of halogens is 1. The Morgan fingerprint density at radius 1 is 1.17 bits per heavy atom. The van der Waals surface area contributed by atoms with Gasteiger partial charge >= 0.3 is 0 Å². The average Bonchev–Trinajstić information content (AvgIpc) is 2.71. The third-order valence-electron chi connectivity index (χ3n) is 5.04. The summed E-state index contributed by atoms with van der Waals surface area (Å²) in [7, 11) is 3.47. The summed E-state index contributed by atoms with van der Waals surface area (Å²) in [6, 6.07) is 8.37. The molecule has 8 heteroatoms. The Hall–Kier alpha value is -1.55. The molecule has 1 aliphatic heterocycles. The zero-order valence-electron chi connectivity index (χ0n) is 18.0. The van der Waals surface area contributed by atoms with Crippen molar-refractivity contribution in [3.05, 3.63) is 29.8 Å². The number of guanidine groups is 1. The molecule has 0 saturated carbocycles. The summed E-state index contributed by atoms with van der Waals surface area (Å²) in [5.74, 6) is 1.53.